The Hall–Kier alpha value is -2.65. The Bertz CT molecular complexity index is 1150. The van der Waals surface area contributed by atoms with E-state index in [-0.39, 0.29) is 5.25 Å². The number of hydrazine groups is 2. The Balaban J connectivity index is 1.72. The zero-order valence-electron chi connectivity index (χ0n) is 15.5. The summed E-state index contributed by atoms with van der Waals surface area (Å²) in [6.45, 7) is 0. The second-order valence-corrected chi connectivity index (χ2v) is 9.18. The number of hydrogen-bond acceptors (Lipinski definition) is 8. The Morgan fingerprint density at radius 3 is 2.21 bits per heavy atom. The molecule has 0 spiro atoms. The number of benzene rings is 2. The van der Waals surface area contributed by atoms with Gasteiger partial charge in [0, 0.05) is 10.1 Å². The molecule has 0 saturated carbocycles. The molecule has 3 heterocycles. The summed E-state index contributed by atoms with van der Waals surface area (Å²) in [5, 5.41) is 1.56. The molecule has 8 heteroatoms. The van der Waals surface area contributed by atoms with Crippen LogP contribution in [0.2, 0.25) is 0 Å². The van der Waals surface area contributed by atoms with Crippen LogP contribution in [0.1, 0.15) is 32.1 Å². The topological polar surface area (TPSA) is 102 Å². The van der Waals surface area contributed by atoms with Crippen LogP contribution in [0, 0.1) is 0 Å². The number of rotatable bonds is 4. The van der Waals surface area contributed by atoms with E-state index in [1.54, 1.807) is 11.3 Å². The number of fused-ring (bicyclic) bond motifs is 3. The number of hydrogen-bond donors (Lipinski definition) is 4. The first-order valence-electron chi connectivity index (χ1n) is 9.30. The van der Waals surface area contributed by atoms with E-state index in [0.717, 1.165) is 16.6 Å². The molecule has 29 heavy (non-hydrogen) atoms. The van der Waals surface area contributed by atoms with Crippen molar-refractivity contribution in [2.75, 3.05) is 10.9 Å². The van der Waals surface area contributed by atoms with E-state index in [0.29, 0.717) is 17.0 Å². The average molecular weight is 421 g/mol. The maximum absolute atomic E-state index is 5.81. The van der Waals surface area contributed by atoms with Gasteiger partial charge in [-0.25, -0.2) is 16.7 Å². The Labute approximate surface area is 176 Å². The van der Waals surface area contributed by atoms with Crippen LogP contribution in [0.3, 0.4) is 0 Å². The molecule has 146 valence electrons. The van der Waals surface area contributed by atoms with Crippen LogP contribution in [0.15, 0.2) is 60.7 Å². The van der Waals surface area contributed by atoms with Gasteiger partial charge in [0.1, 0.15) is 4.83 Å². The zero-order valence-corrected chi connectivity index (χ0v) is 17.1. The lowest BCUT2D eigenvalue weighted by Crippen LogP contribution is -2.16. The second kappa shape index (κ2) is 7.64. The van der Waals surface area contributed by atoms with Crippen LogP contribution in [-0.2, 0) is 6.42 Å². The molecule has 0 radical (unpaired) electrons. The summed E-state index contributed by atoms with van der Waals surface area (Å²) in [5.74, 6) is 12.3. The molecule has 2 aromatic heterocycles. The third-order valence-corrected chi connectivity index (χ3v) is 8.04. The highest BCUT2D eigenvalue weighted by Crippen LogP contribution is 2.55. The van der Waals surface area contributed by atoms with Crippen LogP contribution >= 0.6 is 23.1 Å². The largest absolute Gasteiger partial charge is 0.308 e. The SMILES string of the molecule is NNc1nc(NN)c2c3c(sc2n1)[C@H](c1ccccc1)S[C@@H](c1ccccc1)C3. The van der Waals surface area contributed by atoms with Gasteiger partial charge >= 0.3 is 0 Å². The first-order valence-corrected chi connectivity index (χ1v) is 11.1. The van der Waals surface area contributed by atoms with Crippen molar-refractivity contribution in [3.63, 3.8) is 0 Å². The summed E-state index contributed by atoms with van der Waals surface area (Å²) in [7, 11) is 0. The molecule has 6 N–H and O–H groups in total. The zero-order chi connectivity index (χ0) is 19.8. The summed E-state index contributed by atoms with van der Waals surface area (Å²) in [4.78, 5) is 11.2. The summed E-state index contributed by atoms with van der Waals surface area (Å²) in [6.07, 6.45) is 0.904. The molecule has 0 bridgehead atoms. The van der Waals surface area contributed by atoms with Crippen molar-refractivity contribution in [2.24, 2.45) is 11.7 Å². The molecule has 0 aliphatic carbocycles. The summed E-state index contributed by atoms with van der Waals surface area (Å²) < 4.78 is 0. The Morgan fingerprint density at radius 1 is 0.862 bits per heavy atom. The number of aromatic nitrogens is 2. The van der Waals surface area contributed by atoms with Crippen molar-refractivity contribution in [1.29, 1.82) is 0 Å². The Morgan fingerprint density at radius 2 is 1.55 bits per heavy atom. The van der Waals surface area contributed by atoms with Gasteiger partial charge in [-0.3, -0.25) is 5.43 Å². The van der Waals surface area contributed by atoms with Crippen molar-refractivity contribution in [1.82, 2.24) is 9.97 Å². The van der Waals surface area contributed by atoms with E-state index in [1.165, 1.54) is 21.6 Å². The van der Waals surface area contributed by atoms with E-state index >= 15 is 0 Å². The minimum atomic E-state index is 0.226. The van der Waals surface area contributed by atoms with Crippen LogP contribution in [0.4, 0.5) is 11.8 Å². The molecule has 1 aliphatic rings. The van der Waals surface area contributed by atoms with Crippen LogP contribution in [0.25, 0.3) is 10.2 Å². The number of nitrogens with one attached hydrogen (secondary N) is 2. The highest BCUT2D eigenvalue weighted by Gasteiger charge is 2.34. The molecule has 0 unspecified atom stereocenters. The Kier molecular flexibility index (Phi) is 4.84. The molecule has 1 aliphatic heterocycles. The standard InChI is InChI=1S/C21H20N6S2/c22-26-19-16-14-11-15(12-7-3-1-4-8-12)28-17(13-9-5-2-6-10-13)18(14)29-20(16)25-21(24-19)27-23/h1-10,15,17H,11,22-23H2,(H2,24,25,26,27)/t15-,17+/m1/s1. The molecule has 0 fully saturated rings. The van der Waals surface area contributed by atoms with Crippen molar-refractivity contribution >= 4 is 45.1 Å². The number of nitrogen functional groups attached to an aromatic ring is 2. The number of nitrogens with two attached hydrogens (primary N) is 2. The summed E-state index contributed by atoms with van der Waals surface area (Å²) in [6, 6.07) is 21.3. The highest BCUT2D eigenvalue weighted by molar-refractivity contribution is 8.00. The fourth-order valence-corrected chi connectivity index (χ4v) is 6.85. The molecular formula is C21H20N6S2. The van der Waals surface area contributed by atoms with Gasteiger partial charge in [0.25, 0.3) is 0 Å². The highest BCUT2D eigenvalue weighted by atomic mass is 32.2. The third kappa shape index (κ3) is 3.24. The van der Waals surface area contributed by atoms with Gasteiger partial charge in [0.05, 0.1) is 10.6 Å². The van der Waals surface area contributed by atoms with Crippen molar-refractivity contribution in [3.05, 3.63) is 82.2 Å². The maximum atomic E-state index is 5.81. The smallest absolute Gasteiger partial charge is 0.240 e. The van der Waals surface area contributed by atoms with Crippen LogP contribution in [0.5, 0.6) is 0 Å². The van der Waals surface area contributed by atoms with Gasteiger partial charge in [-0.2, -0.15) is 4.98 Å². The molecule has 5 rings (SSSR count). The second-order valence-electron chi connectivity index (χ2n) is 6.84. The van der Waals surface area contributed by atoms with Gasteiger partial charge in [-0.1, -0.05) is 60.7 Å². The molecule has 2 atom stereocenters. The minimum absolute atomic E-state index is 0.226. The number of thiophene rings is 1. The van der Waals surface area contributed by atoms with Crippen molar-refractivity contribution in [3.8, 4) is 0 Å². The molecule has 2 aromatic carbocycles. The maximum Gasteiger partial charge on any atom is 0.240 e. The number of nitrogens with zero attached hydrogens (tertiary/aromatic N) is 2. The van der Waals surface area contributed by atoms with Crippen LogP contribution < -0.4 is 22.5 Å². The van der Waals surface area contributed by atoms with Crippen molar-refractivity contribution in [2.45, 2.75) is 16.9 Å². The van der Waals surface area contributed by atoms with Crippen LogP contribution in [-0.4, -0.2) is 9.97 Å². The fourth-order valence-electron chi connectivity index (χ4n) is 3.84. The van der Waals surface area contributed by atoms with E-state index < -0.39 is 0 Å². The van der Waals surface area contributed by atoms with Gasteiger partial charge < -0.3 is 5.43 Å². The van der Waals surface area contributed by atoms with Gasteiger partial charge in [-0.15, -0.1) is 23.1 Å². The average Bonchev–Trinajstić information content (AvgIpc) is 3.17. The lowest BCUT2D eigenvalue weighted by Gasteiger charge is -2.30. The monoisotopic (exact) mass is 420 g/mol. The van der Waals surface area contributed by atoms with E-state index in [2.05, 4.69) is 81.5 Å². The first kappa shape index (κ1) is 18.4. The fraction of sp³-hybridized carbons (Fsp3) is 0.143. The molecule has 0 amide bonds. The predicted molar refractivity (Wildman–Crippen MR) is 122 cm³/mol. The number of thioether (sulfide) groups is 1. The number of anilines is 2. The summed E-state index contributed by atoms with van der Waals surface area (Å²) >= 11 is 3.69. The van der Waals surface area contributed by atoms with E-state index in [1.807, 2.05) is 11.8 Å². The molecular weight excluding hydrogens is 400 g/mol. The van der Waals surface area contributed by atoms with Gasteiger partial charge in [0.15, 0.2) is 5.82 Å². The van der Waals surface area contributed by atoms with E-state index in [4.69, 9.17) is 11.7 Å². The summed E-state index contributed by atoms with van der Waals surface area (Å²) in [5.41, 5.74) is 9.16. The molecule has 4 aromatic rings. The molecule has 6 nitrogen and oxygen atoms in total. The molecule has 0 saturated heterocycles. The predicted octanol–water partition coefficient (Wildman–Crippen LogP) is 4.38. The lowest BCUT2D eigenvalue weighted by atomic mass is 9.98. The normalized spacial score (nSPS) is 18.4. The van der Waals surface area contributed by atoms with E-state index in [9.17, 15) is 0 Å². The third-order valence-electron chi connectivity index (χ3n) is 5.15. The van der Waals surface area contributed by atoms with Gasteiger partial charge in [0.2, 0.25) is 5.95 Å². The first-order chi connectivity index (χ1) is 14.3. The van der Waals surface area contributed by atoms with Crippen molar-refractivity contribution < 1.29 is 0 Å². The van der Waals surface area contributed by atoms with Gasteiger partial charge in [-0.05, 0) is 23.1 Å². The quantitative estimate of drug-likeness (QED) is 0.287. The lowest BCUT2D eigenvalue weighted by molar-refractivity contribution is 0.894. The minimum Gasteiger partial charge on any atom is -0.308 e.